The fourth-order valence-electron chi connectivity index (χ4n) is 3.72. The molecule has 3 amide bonds. The number of aromatic nitrogens is 2. The van der Waals surface area contributed by atoms with E-state index in [-0.39, 0.29) is 30.5 Å². The molecule has 1 heterocycles. The number of hydrogen-bond acceptors (Lipinski definition) is 7. The number of carbonyl (C=O) groups is 5. The normalized spacial score (nSPS) is 12.2. The Hall–Kier alpha value is -5.56. The smallest absolute Gasteiger partial charge is 0.479 e. The second-order valence-corrected chi connectivity index (χ2v) is 10.3. The van der Waals surface area contributed by atoms with Crippen LogP contribution in [0.25, 0.3) is 0 Å². The van der Waals surface area contributed by atoms with E-state index in [1.807, 2.05) is 0 Å². The second kappa shape index (κ2) is 17.6. The highest BCUT2D eigenvalue weighted by Crippen LogP contribution is 2.26. The van der Waals surface area contributed by atoms with Crippen molar-refractivity contribution in [1.29, 1.82) is 0 Å². The molecule has 3 aromatic rings. The first-order valence-electron chi connectivity index (χ1n) is 13.7. The minimum Gasteiger partial charge on any atom is -0.479 e. The first-order valence-corrected chi connectivity index (χ1v) is 13.7. The predicted molar refractivity (Wildman–Crippen MR) is 151 cm³/mol. The first-order chi connectivity index (χ1) is 22.8. The summed E-state index contributed by atoms with van der Waals surface area (Å²) in [5, 5.41) is 13.9. The van der Waals surface area contributed by atoms with Crippen LogP contribution in [0.2, 0.25) is 0 Å². The number of alkyl halides is 3. The van der Waals surface area contributed by atoms with E-state index >= 15 is 0 Å². The van der Waals surface area contributed by atoms with Gasteiger partial charge in [-0.3, -0.25) is 19.2 Å². The molecule has 0 aliphatic carbocycles. The molecule has 0 saturated carbocycles. The third-order valence-electron chi connectivity index (χ3n) is 6.01. The van der Waals surface area contributed by atoms with Crippen molar-refractivity contribution in [3.8, 4) is 5.75 Å². The summed E-state index contributed by atoms with van der Waals surface area (Å²) >= 11 is 0. The van der Waals surface area contributed by atoms with Crippen molar-refractivity contribution < 1.29 is 68.9 Å². The number of hydrogen-bond donors (Lipinski definition) is 5. The number of halogens is 8. The molecular formula is C29H27F8N5O7. The zero-order valence-corrected chi connectivity index (χ0v) is 25.3. The predicted octanol–water partition coefficient (Wildman–Crippen LogP) is 3.58. The molecule has 0 bridgehead atoms. The van der Waals surface area contributed by atoms with E-state index in [2.05, 4.69) is 25.9 Å². The summed E-state index contributed by atoms with van der Waals surface area (Å²) in [5.74, 6) is -16.8. The Labute approximate surface area is 271 Å². The number of amides is 3. The van der Waals surface area contributed by atoms with Gasteiger partial charge in [-0.1, -0.05) is 26.0 Å². The molecule has 266 valence electrons. The summed E-state index contributed by atoms with van der Waals surface area (Å²) in [4.78, 5) is 66.5. The Kier molecular flexibility index (Phi) is 14.2. The molecule has 2 aromatic carbocycles. The van der Waals surface area contributed by atoms with Gasteiger partial charge < -0.3 is 30.8 Å². The molecular weight excluding hydrogens is 682 g/mol. The van der Waals surface area contributed by atoms with Crippen molar-refractivity contribution in [1.82, 2.24) is 20.6 Å². The van der Waals surface area contributed by atoms with Crippen LogP contribution in [-0.4, -0.2) is 69.4 Å². The van der Waals surface area contributed by atoms with Gasteiger partial charge in [-0.2, -0.15) is 22.0 Å². The topological polar surface area (TPSA) is 180 Å². The molecule has 0 unspecified atom stereocenters. The van der Waals surface area contributed by atoms with E-state index in [4.69, 9.17) is 14.6 Å². The number of benzene rings is 2. The van der Waals surface area contributed by atoms with E-state index in [0.29, 0.717) is 5.69 Å². The van der Waals surface area contributed by atoms with Crippen molar-refractivity contribution in [2.45, 2.75) is 44.9 Å². The van der Waals surface area contributed by atoms with Crippen molar-refractivity contribution >= 4 is 35.2 Å². The summed E-state index contributed by atoms with van der Waals surface area (Å²) in [6.07, 6.45) is -2.70. The highest BCUT2D eigenvalue weighted by Gasteiger charge is 2.38. The monoisotopic (exact) mass is 709 g/mol. The maximum atomic E-state index is 14.0. The number of aliphatic carboxylic acids is 1. The molecule has 0 spiro atoms. The number of aromatic amines is 1. The van der Waals surface area contributed by atoms with Crippen LogP contribution < -0.4 is 20.7 Å². The van der Waals surface area contributed by atoms with Gasteiger partial charge in [0, 0.05) is 24.4 Å². The standard InChI is InChI=1S/C27H26F5N5O5.C2HF3O2/c1-13(2)7-20(37-27(41)26(40)35-18-6-4-3-5-15(18)28)25(39)36-19(8-14-10-33-12-34-14)21(38)11-42-24-22(31)16(29)9-17(30)23(24)32;3-2(4,5)1(6)7/h3-6,9-10,12-13,19-20H,7-8,11H2,1-2H3,(H,33,34)(H,35,40)(H,36,39)(H,37,41);(H,6,7)/t19-,20-;/m0./s1. The average Bonchev–Trinajstić information content (AvgIpc) is 3.53. The molecule has 20 heteroatoms. The molecule has 3 rings (SSSR count). The van der Waals surface area contributed by atoms with Crippen molar-refractivity contribution in [2.75, 3.05) is 11.9 Å². The van der Waals surface area contributed by atoms with E-state index < -0.39 is 89.2 Å². The first kappa shape index (κ1) is 39.6. The maximum absolute atomic E-state index is 14.0. The highest BCUT2D eigenvalue weighted by atomic mass is 19.4. The van der Waals surface area contributed by atoms with Gasteiger partial charge in [0.05, 0.1) is 18.1 Å². The number of H-pyrrole nitrogens is 1. The Bertz CT molecular complexity index is 1630. The number of imidazole rings is 1. The van der Waals surface area contributed by atoms with Crippen LogP contribution in [0.3, 0.4) is 0 Å². The zero-order chi connectivity index (χ0) is 37.1. The van der Waals surface area contributed by atoms with E-state index in [1.165, 1.54) is 30.7 Å². The largest absolute Gasteiger partial charge is 0.490 e. The van der Waals surface area contributed by atoms with Crippen LogP contribution in [0.15, 0.2) is 42.9 Å². The summed E-state index contributed by atoms with van der Waals surface area (Å²) in [6.45, 7) is 2.32. The Balaban J connectivity index is 0.00000107. The van der Waals surface area contributed by atoms with Crippen LogP contribution in [-0.2, 0) is 30.4 Å². The molecule has 0 aliphatic heterocycles. The third-order valence-corrected chi connectivity index (χ3v) is 6.01. The summed E-state index contributed by atoms with van der Waals surface area (Å²) in [7, 11) is 0. The number of rotatable bonds is 12. The molecule has 2 atom stereocenters. The number of nitrogens with zero attached hydrogens (tertiary/aromatic N) is 1. The van der Waals surface area contributed by atoms with Crippen LogP contribution >= 0.6 is 0 Å². The second-order valence-electron chi connectivity index (χ2n) is 10.3. The lowest BCUT2D eigenvalue weighted by molar-refractivity contribution is -0.192. The number of carboxylic acid groups (broad SMARTS) is 1. The minimum absolute atomic E-state index is 0.00497. The lowest BCUT2D eigenvalue weighted by Gasteiger charge is -2.24. The van der Waals surface area contributed by atoms with Crippen molar-refractivity contribution in [2.24, 2.45) is 5.92 Å². The number of anilines is 1. The van der Waals surface area contributed by atoms with Crippen LogP contribution in [0.1, 0.15) is 26.0 Å². The molecule has 0 saturated heterocycles. The van der Waals surface area contributed by atoms with Gasteiger partial charge in [0.15, 0.2) is 23.2 Å². The molecule has 0 radical (unpaired) electrons. The van der Waals surface area contributed by atoms with Crippen LogP contribution in [0.4, 0.5) is 40.8 Å². The molecule has 1 aromatic heterocycles. The minimum atomic E-state index is -5.08. The number of ketones is 1. The van der Waals surface area contributed by atoms with E-state index in [0.717, 1.165) is 6.07 Å². The fraction of sp³-hybridized carbons (Fsp3) is 0.310. The summed E-state index contributed by atoms with van der Waals surface area (Å²) < 4.78 is 105. The van der Waals surface area contributed by atoms with Crippen molar-refractivity contribution in [3.05, 3.63) is 77.6 Å². The number of Topliss-reactive ketones (excluding diaryl/α,β-unsaturated/α-hetero) is 1. The van der Waals surface area contributed by atoms with Gasteiger partial charge in [-0.25, -0.2) is 22.9 Å². The number of ether oxygens (including phenoxy) is 1. The molecule has 0 fully saturated rings. The molecule has 49 heavy (non-hydrogen) atoms. The number of para-hydroxylation sites is 1. The Morgan fingerprint density at radius 2 is 1.49 bits per heavy atom. The molecule has 0 aliphatic rings. The lowest BCUT2D eigenvalue weighted by atomic mass is 10.0. The summed E-state index contributed by atoms with van der Waals surface area (Å²) in [5.41, 5.74) is 0.0790. The van der Waals surface area contributed by atoms with Gasteiger partial charge in [0.25, 0.3) is 0 Å². The average molecular weight is 710 g/mol. The van der Waals surface area contributed by atoms with Gasteiger partial charge in [0.2, 0.25) is 17.5 Å². The number of carbonyl (C=O) groups excluding carboxylic acids is 4. The Morgan fingerprint density at radius 1 is 0.898 bits per heavy atom. The van der Waals surface area contributed by atoms with Gasteiger partial charge in [-0.05, 0) is 24.5 Å². The highest BCUT2D eigenvalue weighted by molar-refractivity contribution is 6.40. The number of nitrogens with one attached hydrogen (secondary N) is 4. The van der Waals surface area contributed by atoms with Gasteiger partial charge in [-0.15, -0.1) is 0 Å². The third kappa shape index (κ3) is 12.2. The maximum Gasteiger partial charge on any atom is 0.490 e. The molecule has 12 nitrogen and oxygen atoms in total. The quantitative estimate of drug-likeness (QED) is 0.108. The van der Waals surface area contributed by atoms with E-state index in [9.17, 15) is 54.3 Å². The summed E-state index contributed by atoms with van der Waals surface area (Å²) in [6, 6.07) is 2.28. The van der Waals surface area contributed by atoms with Crippen LogP contribution in [0.5, 0.6) is 5.75 Å². The van der Waals surface area contributed by atoms with Crippen LogP contribution in [0, 0.1) is 35.0 Å². The number of carboxylic acids is 1. The lowest BCUT2D eigenvalue weighted by Crippen LogP contribution is -2.54. The van der Waals surface area contributed by atoms with Gasteiger partial charge >= 0.3 is 24.0 Å². The van der Waals surface area contributed by atoms with Crippen molar-refractivity contribution in [3.63, 3.8) is 0 Å². The fourth-order valence-corrected chi connectivity index (χ4v) is 3.72. The van der Waals surface area contributed by atoms with E-state index in [1.54, 1.807) is 13.8 Å². The van der Waals surface area contributed by atoms with Gasteiger partial charge in [0.1, 0.15) is 18.5 Å². The zero-order valence-electron chi connectivity index (χ0n) is 25.3. The Morgan fingerprint density at radius 3 is 2.00 bits per heavy atom. The molecule has 5 N–H and O–H groups in total. The SMILES string of the molecule is CC(C)C[C@H](NC(=O)C(=O)Nc1ccccc1F)C(=O)N[C@@H](Cc1cnc[nH]1)C(=O)COc1c(F)c(F)cc(F)c1F.O=C(O)C(F)(F)F.